The van der Waals surface area contributed by atoms with Gasteiger partial charge in [-0.1, -0.05) is 0 Å². The predicted octanol–water partition coefficient (Wildman–Crippen LogP) is 0.705. The molecule has 0 bridgehead atoms. The molecule has 0 aromatic rings. The summed E-state index contributed by atoms with van der Waals surface area (Å²) < 4.78 is 31.6. The zero-order valence-electron chi connectivity index (χ0n) is 5.57. The molecule has 0 aromatic carbocycles. The summed E-state index contributed by atoms with van der Waals surface area (Å²) >= 11 is 0. The zero-order valence-corrected chi connectivity index (χ0v) is 7.28. The van der Waals surface area contributed by atoms with Crippen LogP contribution in [0.4, 0.5) is 0 Å². The van der Waals surface area contributed by atoms with E-state index < -0.39 is 10.4 Å². The maximum Gasteiger partial charge on any atom is 0.394 e. The number of rotatable bonds is 0. The minimum Gasteiger partial charge on any atom is -0.264 e. The van der Waals surface area contributed by atoms with Crippen molar-refractivity contribution < 1.29 is 17.5 Å². The van der Waals surface area contributed by atoms with Crippen molar-refractivity contribution >= 4 is 18.3 Å². The van der Waals surface area contributed by atoms with E-state index in [-0.39, 0.29) is 0 Å². The average molecular weight is 174 g/mol. The Hall–Kier alpha value is 0.300. The number of hydrogen-bond acceptors (Lipinski definition) is 2. The summed E-state index contributed by atoms with van der Waals surface area (Å²) in [5.41, 5.74) is 0. The first-order chi connectivity index (χ1) is 3.73. The molecule has 58 valence electrons. The van der Waals surface area contributed by atoms with Crippen LogP contribution in [-0.2, 0) is 10.4 Å². The van der Waals surface area contributed by atoms with Crippen LogP contribution in [0.1, 0.15) is 0 Å². The summed E-state index contributed by atoms with van der Waals surface area (Å²) in [7, 11) is -4.29. The summed E-state index contributed by atoms with van der Waals surface area (Å²) in [6.07, 6.45) is 0. The zero-order chi connectivity index (χ0) is 8.08. The van der Waals surface area contributed by atoms with Crippen molar-refractivity contribution in [1.82, 2.24) is 0 Å². The van der Waals surface area contributed by atoms with Gasteiger partial charge in [-0.25, -0.2) is 0 Å². The van der Waals surface area contributed by atoms with Gasteiger partial charge in [0.2, 0.25) is 0 Å². The Labute approximate surface area is 56.6 Å². The quantitative estimate of drug-likeness (QED) is 0.419. The second kappa shape index (κ2) is 5.11. The van der Waals surface area contributed by atoms with E-state index in [2.05, 4.69) is 20.0 Å². The minimum atomic E-state index is -4.67. The van der Waals surface area contributed by atoms with Crippen LogP contribution in [0.3, 0.4) is 0 Å². The first-order valence-corrected chi connectivity index (χ1v) is 6.12. The van der Waals surface area contributed by atoms with E-state index in [1.54, 1.807) is 0 Å². The molecule has 0 saturated heterocycles. The van der Waals surface area contributed by atoms with E-state index in [0.29, 0.717) is 7.92 Å². The van der Waals surface area contributed by atoms with Crippen LogP contribution in [0.5, 0.6) is 0 Å². The fourth-order valence-electron chi connectivity index (χ4n) is 0. The van der Waals surface area contributed by atoms with Crippen LogP contribution in [0.15, 0.2) is 0 Å². The molecular formula is C3H11O4PS. The second-order valence-electron chi connectivity index (χ2n) is 1.79. The summed E-state index contributed by atoms with van der Waals surface area (Å²) in [6, 6.07) is 0. The van der Waals surface area contributed by atoms with E-state index >= 15 is 0 Å². The van der Waals surface area contributed by atoms with Crippen LogP contribution < -0.4 is 0 Å². The third-order valence-corrected chi connectivity index (χ3v) is 0. The van der Waals surface area contributed by atoms with Gasteiger partial charge in [-0.15, -0.1) is 7.92 Å². The van der Waals surface area contributed by atoms with E-state index in [9.17, 15) is 0 Å². The molecule has 0 aliphatic heterocycles. The molecule has 4 nitrogen and oxygen atoms in total. The van der Waals surface area contributed by atoms with Gasteiger partial charge >= 0.3 is 10.4 Å². The molecular weight excluding hydrogens is 163 g/mol. The van der Waals surface area contributed by atoms with Crippen LogP contribution in [-0.4, -0.2) is 37.5 Å². The Morgan fingerprint density at radius 3 is 1.11 bits per heavy atom. The summed E-state index contributed by atoms with van der Waals surface area (Å²) in [4.78, 5) is 0. The SMILES string of the molecule is CP(C)C.O=S(=O)(O)O. The van der Waals surface area contributed by atoms with Gasteiger partial charge in [-0.05, 0) is 20.0 Å². The lowest BCUT2D eigenvalue weighted by Crippen LogP contribution is -1.89. The van der Waals surface area contributed by atoms with Crippen molar-refractivity contribution in [1.29, 1.82) is 0 Å². The molecule has 9 heavy (non-hydrogen) atoms. The van der Waals surface area contributed by atoms with Crippen molar-refractivity contribution in [2.45, 2.75) is 0 Å². The van der Waals surface area contributed by atoms with Crippen LogP contribution >= 0.6 is 7.92 Å². The third-order valence-electron chi connectivity index (χ3n) is 0. The van der Waals surface area contributed by atoms with Crippen molar-refractivity contribution in [2.75, 3.05) is 20.0 Å². The minimum absolute atomic E-state index is 0.380. The van der Waals surface area contributed by atoms with Gasteiger partial charge in [0.15, 0.2) is 0 Å². The van der Waals surface area contributed by atoms with Gasteiger partial charge in [-0.2, -0.15) is 8.42 Å². The highest BCUT2D eigenvalue weighted by Gasteiger charge is 1.84. The van der Waals surface area contributed by atoms with E-state index in [0.717, 1.165) is 0 Å². The van der Waals surface area contributed by atoms with Gasteiger partial charge in [0.25, 0.3) is 0 Å². The van der Waals surface area contributed by atoms with Crippen molar-refractivity contribution in [3.63, 3.8) is 0 Å². The highest BCUT2D eigenvalue weighted by atomic mass is 32.3. The second-order valence-corrected chi connectivity index (χ2v) is 5.37. The largest absolute Gasteiger partial charge is 0.394 e. The molecule has 0 unspecified atom stereocenters. The van der Waals surface area contributed by atoms with E-state index in [1.165, 1.54) is 0 Å². The Kier molecular flexibility index (Phi) is 6.83. The lowest BCUT2D eigenvalue weighted by atomic mass is 11.9. The molecule has 0 rings (SSSR count). The van der Waals surface area contributed by atoms with Crippen molar-refractivity contribution in [3.8, 4) is 0 Å². The first-order valence-electron chi connectivity index (χ1n) is 2.04. The Morgan fingerprint density at radius 1 is 1.11 bits per heavy atom. The first kappa shape index (κ1) is 12.0. The molecule has 0 atom stereocenters. The van der Waals surface area contributed by atoms with Gasteiger partial charge in [0.1, 0.15) is 0 Å². The van der Waals surface area contributed by atoms with Gasteiger partial charge in [-0.3, -0.25) is 9.11 Å². The highest BCUT2D eigenvalue weighted by molar-refractivity contribution is 7.79. The highest BCUT2D eigenvalue weighted by Crippen LogP contribution is 2.14. The topological polar surface area (TPSA) is 74.6 Å². The van der Waals surface area contributed by atoms with Crippen molar-refractivity contribution in [2.24, 2.45) is 0 Å². The molecule has 0 spiro atoms. The molecule has 0 aliphatic rings. The molecule has 0 saturated carbocycles. The fraction of sp³-hybridized carbons (Fsp3) is 1.00. The van der Waals surface area contributed by atoms with Gasteiger partial charge < -0.3 is 0 Å². The molecule has 6 heteroatoms. The smallest absolute Gasteiger partial charge is 0.264 e. The Balaban J connectivity index is 0. The maximum absolute atomic E-state index is 8.74. The summed E-state index contributed by atoms with van der Waals surface area (Å²) in [5, 5.41) is 0. The number of hydrogen-bond donors (Lipinski definition) is 2. The third kappa shape index (κ3) is 3660. The molecule has 0 aromatic heterocycles. The van der Waals surface area contributed by atoms with Gasteiger partial charge in [0.05, 0.1) is 0 Å². The maximum atomic E-state index is 8.74. The van der Waals surface area contributed by atoms with Crippen LogP contribution in [0.2, 0.25) is 0 Å². The predicted molar refractivity (Wildman–Crippen MR) is 38.9 cm³/mol. The fourth-order valence-corrected chi connectivity index (χ4v) is 0. The molecule has 0 amide bonds. The summed E-state index contributed by atoms with van der Waals surface area (Å²) in [6.45, 7) is 6.69. The normalized spacial score (nSPS) is 10.4. The Morgan fingerprint density at radius 2 is 1.11 bits per heavy atom. The summed E-state index contributed by atoms with van der Waals surface area (Å²) in [5.74, 6) is 0. The monoisotopic (exact) mass is 174 g/mol. The van der Waals surface area contributed by atoms with E-state index in [4.69, 9.17) is 17.5 Å². The molecule has 0 heterocycles. The van der Waals surface area contributed by atoms with Crippen LogP contribution in [0.25, 0.3) is 0 Å². The van der Waals surface area contributed by atoms with Crippen LogP contribution in [0, 0.1) is 0 Å². The molecule has 0 fully saturated rings. The molecule has 0 radical (unpaired) electrons. The lowest BCUT2D eigenvalue weighted by Gasteiger charge is -1.81. The van der Waals surface area contributed by atoms with Crippen molar-refractivity contribution in [3.05, 3.63) is 0 Å². The molecule has 2 N–H and O–H groups in total. The molecule has 0 aliphatic carbocycles. The standard InChI is InChI=1S/C3H9P.H2O4S/c1-4(2)3;1-5(2,3)4/h1-3H3;(H2,1,2,3,4). The van der Waals surface area contributed by atoms with E-state index in [1.807, 2.05) is 0 Å². The van der Waals surface area contributed by atoms with Gasteiger partial charge in [0, 0.05) is 0 Å². The Bertz CT molecular complexity index is 127. The lowest BCUT2D eigenvalue weighted by molar-refractivity contribution is 0.381. The average Bonchev–Trinajstić information content (AvgIpc) is 1.19.